The molecule has 0 radical (unpaired) electrons. The number of hydrogen-bond acceptors (Lipinski definition) is 3. The van der Waals surface area contributed by atoms with Gasteiger partial charge in [-0.25, -0.2) is 13.1 Å². The summed E-state index contributed by atoms with van der Waals surface area (Å²) in [7, 11) is -3.74. The van der Waals surface area contributed by atoms with Gasteiger partial charge in [-0.2, -0.15) is 0 Å². The number of rotatable bonds is 7. The van der Waals surface area contributed by atoms with Crippen molar-refractivity contribution in [2.24, 2.45) is 0 Å². The summed E-state index contributed by atoms with van der Waals surface area (Å²) >= 11 is 9.26. The molecule has 1 unspecified atom stereocenters. The normalized spacial score (nSPS) is 12.6. The zero-order chi connectivity index (χ0) is 18.4. The number of sulfonamides is 1. The topological polar surface area (TPSA) is 75.3 Å². The van der Waals surface area contributed by atoms with Crippen LogP contribution >= 0.6 is 27.5 Å². The average Bonchev–Trinajstić information content (AvgIpc) is 2.55. The smallest absolute Gasteiger partial charge is 0.242 e. The third kappa shape index (κ3) is 5.81. The van der Waals surface area contributed by atoms with Crippen LogP contribution in [0.15, 0.2) is 57.9 Å². The summed E-state index contributed by atoms with van der Waals surface area (Å²) in [6.45, 7) is 1.86. The van der Waals surface area contributed by atoms with Gasteiger partial charge in [0.25, 0.3) is 0 Å². The summed E-state index contributed by atoms with van der Waals surface area (Å²) in [6, 6.07) is 13.6. The zero-order valence-corrected chi connectivity index (χ0v) is 16.7. The van der Waals surface area contributed by atoms with Crippen LogP contribution in [0.2, 0.25) is 5.02 Å². The van der Waals surface area contributed by atoms with Crippen molar-refractivity contribution in [2.75, 3.05) is 6.54 Å². The lowest BCUT2D eigenvalue weighted by molar-refractivity contribution is -0.121. The first-order chi connectivity index (χ1) is 11.8. The molecule has 0 heterocycles. The van der Waals surface area contributed by atoms with Gasteiger partial charge >= 0.3 is 0 Å². The van der Waals surface area contributed by atoms with Crippen molar-refractivity contribution in [3.05, 3.63) is 63.6 Å². The van der Waals surface area contributed by atoms with E-state index in [1.807, 2.05) is 31.2 Å². The van der Waals surface area contributed by atoms with Crippen molar-refractivity contribution in [3.63, 3.8) is 0 Å². The van der Waals surface area contributed by atoms with Gasteiger partial charge in [-0.05, 0) is 36.8 Å². The number of nitrogens with one attached hydrogen (secondary N) is 2. The second kappa shape index (κ2) is 8.80. The molecular formula is C17H18BrClN2O3S. The molecule has 8 heteroatoms. The van der Waals surface area contributed by atoms with E-state index in [2.05, 4.69) is 26.0 Å². The van der Waals surface area contributed by atoms with Crippen molar-refractivity contribution >= 4 is 43.5 Å². The largest absolute Gasteiger partial charge is 0.350 e. The van der Waals surface area contributed by atoms with Gasteiger partial charge in [0, 0.05) is 17.4 Å². The van der Waals surface area contributed by atoms with E-state index in [0.29, 0.717) is 0 Å². The molecule has 1 atom stereocenters. The van der Waals surface area contributed by atoms with Crippen molar-refractivity contribution < 1.29 is 13.2 Å². The maximum atomic E-state index is 12.2. The van der Waals surface area contributed by atoms with Crippen molar-refractivity contribution in [2.45, 2.75) is 24.3 Å². The standard InChI is InChI=1S/C17H18BrClN2O3S/c1-12(13-6-8-14(18)9-7-13)21-17(22)10-11-20-25(23,24)16-5-3-2-4-15(16)19/h2-9,12,20H,10-11H2,1H3,(H,21,22). The van der Waals surface area contributed by atoms with E-state index >= 15 is 0 Å². The van der Waals surface area contributed by atoms with Gasteiger partial charge in [0.2, 0.25) is 15.9 Å². The molecule has 0 aliphatic rings. The molecule has 2 rings (SSSR count). The third-order valence-electron chi connectivity index (χ3n) is 3.52. The van der Waals surface area contributed by atoms with E-state index < -0.39 is 10.0 Å². The van der Waals surface area contributed by atoms with Crippen LogP contribution in [0.4, 0.5) is 0 Å². The Hall–Kier alpha value is -1.41. The number of amides is 1. The fraction of sp³-hybridized carbons (Fsp3) is 0.235. The molecule has 0 spiro atoms. The Balaban J connectivity index is 1.86. The minimum absolute atomic E-state index is 0.000283. The number of hydrogen-bond donors (Lipinski definition) is 2. The molecule has 1 amide bonds. The number of halogens is 2. The molecule has 0 fully saturated rings. The highest BCUT2D eigenvalue weighted by Gasteiger charge is 2.17. The molecular weight excluding hydrogens is 428 g/mol. The molecule has 0 saturated heterocycles. The summed E-state index contributed by atoms with van der Waals surface area (Å²) in [5.74, 6) is -0.239. The highest BCUT2D eigenvalue weighted by molar-refractivity contribution is 9.10. The highest BCUT2D eigenvalue weighted by atomic mass is 79.9. The van der Waals surface area contributed by atoms with Crippen molar-refractivity contribution in [1.82, 2.24) is 10.0 Å². The third-order valence-corrected chi connectivity index (χ3v) is 6.01. The van der Waals surface area contributed by atoms with Gasteiger partial charge < -0.3 is 5.32 Å². The van der Waals surface area contributed by atoms with Gasteiger partial charge in [-0.1, -0.05) is 51.8 Å². The molecule has 2 aromatic carbocycles. The molecule has 0 aliphatic heterocycles. The number of carbonyl (C=O) groups excluding carboxylic acids is 1. The molecule has 2 N–H and O–H groups in total. The first-order valence-electron chi connectivity index (χ1n) is 7.58. The fourth-order valence-electron chi connectivity index (χ4n) is 2.19. The Bertz CT molecular complexity index is 841. The zero-order valence-electron chi connectivity index (χ0n) is 13.5. The second-order valence-electron chi connectivity index (χ2n) is 5.42. The monoisotopic (exact) mass is 444 g/mol. The van der Waals surface area contributed by atoms with E-state index in [4.69, 9.17) is 11.6 Å². The summed E-state index contributed by atoms with van der Waals surface area (Å²) in [4.78, 5) is 12.0. The van der Waals surface area contributed by atoms with E-state index in [9.17, 15) is 13.2 Å². The predicted molar refractivity (Wildman–Crippen MR) is 102 cm³/mol. The second-order valence-corrected chi connectivity index (χ2v) is 8.48. The molecule has 134 valence electrons. The summed E-state index contributed by atoms with van der Waals surface area (Å²) in [5.41, 5.74) is 0.966. The fourth-order valence-corrected chi connectivity index (χ4v) is 4.00. The molecule has 0 saturated carbocycles. The lowest BCUT2D eigenvalue weighted by Gasteiger charge is -2.15. The highest BCUT2D eigenvalue weighted by Crippen LogP contribution is 2.20. The Morgan fingerprint density at radius 2 is 1.80 bits per heavy atom. The number of benzene rings is 2. The van der Waals surface area contributed by atoms with Crippen molar-refractivity contribution in [1.29, 1.82) is 0 Å². The van der Waals surface area contributed by atoms with Crippen LogP contribution in [0.3, 0.4) is 0 Å². The van der Waals surface area contributed by atoms with Crippen molar-refractivity contribution in [3.8, 4) is 0 Å². The maximum absolute atomic E-state index is 12.2. The quantitative estimate of drug-likeness (QED) is 0.683. The molecule has 5 nitrogen and oxygen atoms in total. The van der Waals surface area contributed by atoms with E-state index in [0.717, 1.165) is 10.0 Å². The first kappa shape index (κ1) is 19.9. The SMILES string of the molecule is CC(NC(=O)CCNS(=O)(=O)c1ccccc1Cl)c1ccc(Br)cc1. The van der Waals surface area contributed by atoms with Crippen LogP contribution in [-0.2, 0) is 14.8 Å². The Morgan fingerprint density at radius 1 is 1.16 bits per heavy atom. The Kier molecular flexibility index (Phi) is 7.01. The van der Waals surface area contributed by atoms with E-state index in [1.54, 1.807) is 12.1 Å². The van der Waals surface area contributed by atoms with Crippen LogP contribution < -0.4 is 10.0 Å². The summed E-state index contributed by atoms with van der Waals surface area (Å²) < 4.78 is 27.7. The summed E-state index contributed by atoms with van der Waals surface area (Å²) in [6.07, 6.45) is 0.0323. The van der Waals surface area contributed by atoms with E-state index in [1.165, 1.54) is 12.1 Å². The van der Waals surface area contributed by atoms with Gasteiger partial charge in [-0.3, -0.25) is 4.79 Å². The van der Waals surface area contributed by atoms with Crippen LogP contribution in [0.1, 0.15) is 24.9 Å². The molecule has 2 aromatic rings. The van der Waals surface area contributed by atoms with Crippen LogP contribution in [0, 0.1) is 0 Å². The first-order valence-corrected chi connectivity index (χ1v) is 10.2. The number of carbonyl (C=O) groups is 1. The predicted octanol–water partition coefficient (Wildman–Crippen LogP) is 3.65. The maximum Gasteiger partial charge on any atom is 0.242 e. The van der Waals surface area contributed by atoms with Crippen LogP contribution in [0.5, 0.6) is 0 Å². The lowest BCUT2D eigenvalue weighted by Crippen LogP contribution is -2.32. The molecule has 0 aliphatic carbocycles. The lowest BCUT2D eigenvalue weighted by atomic mass is 10.1. The summed E-state index contributed by atoms with van der Waals surface area (Å²) in [5, 5.41) is 2.98. The van der Waals surface area contributed by atoms with Crippen LogP contribution in [-0.4, -0.2) is 20.9 Å². The minimum Gasteiger partial charge on any atom is -0.350 e. The van der Waals surface area contributed by atoms with Crippen LogP contribution in [0.25, 0.3) is 0 Å². The Morgan fingerprint density at radius 3 is 2.44 bits per heavy atom. The minimum atomic E-state index is -3.74. The van der Waals surface area contributed by atoms with Gasteiger partial charge in [-0.15, -0.1) is 0 Å². The van der Waals surface area contributed by atoms with Gasteiger partial charge in [0.1, 0.15) is 4.90 Å². The van der Waals surface area contributed by atoms with Gasteiger partial charge in [0.15, 0.2) is 0 Å². The Labute approximate surface area is 161 Å². The molecule has 25 heavy (non-hydrogen) atoms. The molecule has 0 bridgehead atoms. The average molecular weight is 446 g/mol. The molecule has 0 aromatic heterocycles. The van der Waals surface area contributed by atoms with E-state index in [-0.39, 0.29) is 34.8 Å². The van der Waals surface area contributed by atoms with Gasteiger partial charge in [0.05, 0.1) is 11.1 Å².